The van der Waals surface area contributed by atoms with E-state index in [2.05, 4.69) is 25.4 Å². The van der Waals surface area contributed by atoms with Crippen LogP contribution in [0.3, 0.4) is 0 Å². The number of allylic oxidation sites excluding steroid dienone is 1. The molecule has 0 aromatic carbocycles. The summed E-state index contributed by atoms with van der Waals surface area (Å²) in [6, 6.07) is 0. The molecule has 1 aliphatic carbocycles. The molecule has 0 aromatic rings. The van der Waals surface area contributed by atoms with Gasteiger partial charge >= 0.3 is 0 Å². The first kappa shape index (κ1) is 22.3. The highest BCUT2D eigenvalue weighted by Gasteiger charge is 2.57. The molecule has 1 fully saturated rings. The van der Waals surface area contributed by atoms with Gasteiger partial charge in [0.05, 0.1) is 12.5 Å². The fourth-order valence-corrected chi connectivity index (χ4v) is 3.56. The van der Waals surface area contributed by atoms with Crippen LogP contribution in [0.25, 0.3) is 0 Å². The van der Waals surface area contributed by atoms with Gasteiger partial charge in [0.25, 0.3) is 5.92 Å². The van der Waals surface area contributed by atoms with E-state index < -0.39 is 11.8 Å². The van der Waals surface area contributed by atoms with E-state index in [-0.39, 0.29) is 6.42 Å². The summed E-state index contributed by atoms with van der Waals surface area (Å²) in [4.78, 5) is 5.57. The third kappa shape index (κ3) is 7.59. The molecule has 0 saturated heterocycles. The summed E-state index contributed by atoms with van der Waals surface area (Å²) in [5.74, 6) is -2.23. The highest BCUT2D eigenvalue weighted by atomic mass is 32.2. The van der Waals surface area contributed by atoms with Gasteiger partial charge in [-0.3, -0.25) is 10.1 Å². The van der Waals surface area contributed by atoms with Crippen molar-refractivity contribution >= 4 is 17.7 Å². The van der Waals surface area contributed by atoms with Crippen molar-refractivity contribution in [1.82, 2.24) is 0 Å². The summed E-state index contributed by atoms with van der Waals surface area (Å²) in [7, 11) is 0. The van der Waals surface area contributed by atoms with Crippen molar-refractivity contribution in [2.45, 2.75) is 58.8 Å². The second-order valence-electron chi connectivity index (χ2n) is 7.20. The molecule has 0 spiro atoms. The summed E-state index contributed by atoms with van der Waals surface area (Å²) in [5.41, 5.74) is 7.16. The first-order chi connectivity index (χ1) is 11.7. The molecule has 0 aliphatic heterocycles. The molecule has 0 heterocycles. The first-order valence-corrected chi connectivity index (χ1v) is 9.93. The van der Waals surface area contributed by atoms with Gasteiger partial charge in [0.1, 0.15) is 0 Å². The highest BCUT2D eigenvalue weighted by Crippen LogP contribution is 2.52. The monoisotopic (exact) mass is 373 g/mol. The van der Waals surface area contributed by atoms with E-state index in [1.807, 2.05) is 13.0 Å². The largest absolute Gasteiger partial charge is 0.327 e. The summed E-state index contributed by atoms with van der Waals surface area (Å²) in [5, 5.41) is 5.72. The van der Waals surface area contributed by atoms with E-state index in [1.54, 1.807) is 0 Å². The van der Waals surface area contributed by atoms with E-state index >= 15 is 0 Å². The molecule has 0 aromatic heterocycles. The van der Waals surface area contributed by atoms with Crippen LogP contribution >= 0.6 is 11.9 Å². The van der Waals surface area contributed by atoms with Crippen molar-refractivity contribution in [3.63, 3.8) is 0 Å². The molecular weight excluding hydrogens is 340 g/mol. The zero-order chi connectivity index (χ0) is 19.0. The Morgan fingerprint density at radius 2 is 2.04 bits per heavy atom. The second kappa shape index (κ2) is 10.4. The lowest BCUT2D eigenvalue weighted by molar-refractivity contribution is 0.105. The molecule has 1 saturated carbocycles. The van der Waals surface area contributed by atoms with Gasteiger partial charge in [-0.1, -0.05) is 51.3 Å². The molecule has 3 atom stereocenters. The Kier molecular flexibility index (Phi) is 9.32. The van der Waals surface area contributed by atoms with Gasteiger partial charge in [-0.05, 0) is 37.2 Å². The van der Waals surface area contributed by atoms with E-state index in [0.29, 0.717) is 30.5 Å². The summed E-state index contributed by atoms with van der Waals surface area (Å²) < 4.78 is 25.9. The Balaban J connectivity index is 2.24. The lowest BCUT2D eigenvalue weighted by atomic mass is 9.90. The first-order valence-electron chi connectivity index (χ1n) is 9.05. The van der Waals surface area contributed by atoms with Crippen LogP contribution in [-0.4, -0.2) is 24.7 Å². The SMILES string of the molecule is C=C(C/N=C(\C)CCCCC(C)C(C)/C(=C\CN)SN)C1CC1(F)F. The molecule has 144 valence electrons. The number of nitrogens with zero attached hydrogens (tertiary/aromatic N) is 1. The number of halogens is 2. The molecule has 6 heteroatoms. The number of alkyl halides is 2. The maximum absolute atomic E-state index is 13.0. The zero-order valence-corrected chi connectivity index (χ0v) is 16.5. The Bertz CT molecular complexity index is 503. The number of nitrogens with two attached hydrogens (primary N) is 2. The summed E-state index contributed by atoms with van der Waals surface area (Å²) >= 11 is 1.29. The minimum absolute atomic E-state index is 0.0574. The van der Waals surface area contributed by atoms with Crippen LogP contribution in [0, 0.1) is 17.8 Å². The smallest absolute Gasteiger partial charge is 0.255 e. The van der Waals surface area contributed by atoms with Crippen LogP contribution in [0.4, 0.5) is 8.78 Å². The highest BCUT2D eigenvalue weighted by molar-refractivity contribution is 8.00. The second-order valence-corrected chi connectivity index (χ2v) is 7.91. The fourth-order valence-electron chi connectivity index (χ4n) is 2.92. The normalized spacial score (nSPS) is 22.6. The molecule has 1 rings (SSSR count). The van der Waals surface area contributed by atoms with Gasteiger partial charge in [0, 0.05) is 23.6 Å². The molecule has 0 radical (unpaired) electrons. The van der Waals surface area contributed by atoms with Gasteiger partial charge in [0.2, 0.25) is 0 Å². The van der Waals surface area contributed by atoms with E-state index in [1.165, 1.54) is 11.9 Å². The lowest BCUT2D eigenvalue weighted by Crippen LogP contribution is -2.12. The van der Waals surface area contributed by atoms with Crippen molar-refractivity contribution in [2.75, 3.05) is 13.1 Å². The molecular formula is C19H33F2N3S. The van der Waals surface area contributed by atoms with Crippen molar-refractivity contribution in [3.05, 3.63) is 23.1 Å². The fraction of sp³-hybridized carbons (Fsp3) is 0.737. The Morgan fingerprint density at radius 3 is 2.56 bits per heavy atom. The minimum atomic E-state index is -2.54. The average Bonchev–Trinajstić information content (AvgIpc) is 3.22. The molecule has 3 unspecified atom stereocenters. The van der Waals surface area contributed by atoms with Crippen molar-refractivity contribution in [3.8, 4) is 0 Å². The Morgan fingerprint density at radius 1 is 1.40 bits per heavy atom. The molecule has 1 aliphatic rings. The van der Waals surface area contributed by atoms with Gasteiger partial charge in [-0.2, -0.15) is 0 Å². The van der Waals surface area contributed by atoms with Crippen LogP contribution in [0.1, 0.15) is 52.9 Å². The number of aliphatic imine (C=N–C) groups is 1. The zero-order valence-electron chi connectivity index (χ0n) is 15.7. The van der Waals surface area contributed by atoms with Gasteiger partial charge in [0.15, 0.2) is 0 Å². The predicted molar refractivity (Wildman–Crippen MR) is 106 cm³/mol. The summed E-state index contributed by atoms with van der Waals surface area (Å²) in [6.07, 6.45) is 6.15. The van der Waals surface area contributed by atoms with Crippen molar-refractivity contribution in [1.29, 1.82) is 0 Å². The van der Waals surface area contributed by atoms with Crippen molar-refractivity contribution < 1.29 is 8.78 Å². The van der Waals surface area contributed by atoms with Crippen LogP contribution in [0.15, 0.2) is 28.1 Å². The third-order valence-electron chi connectivity index (χ3n) is 5.08. The lowest BCUT2D eigenvalue weighted by Gasteiger charge is -2.21. The maximum Gasteiger partial charge on any atom is 0.255 e. The number of hydrogen-bond acceptors (Lipinski definition) is 4. The molecule has 0 bridgehead atoms. The van der Waals surface area contributed by atoms with Crippen molar-refractivity contribution in [2.24, 2.45) is 33.6 Å². The summed E-state index contributed by atoms with van der Waals surface area (Å²) in [6.45, 7) is 11.0. The predicted octanol–water partition coefficient (Wildman–Crippen LogP) is 4.94. The van der Waals surface area contributed by atoms with Crippen LogP contribution in [-0.2, 0) is 0 Å². The number of unbranched alkanes of at least 4 members (excludes halogenated alkanes) is 1. The number of hydrogen-bond donors (Lipinski definition) is 2. The number of rotatable bonds is 12. The van der Waals surface area contributed by atoms with Gasteiger partial charge in [-0.15, -0.1) is 0 Å². The van der Waals surface area contributed by atoms with Gasteiger partial charge < -0.3 is 5.73 Å². The van der Waals surface area contributed by atoms with Crippen LogP contribution < -0.4 is 10.9 Å². The minimum Gasteiger partial charge on any atom is -0.327 e. The van der Waals surface area contributed by atoms with Gasteiger partial charge in [-0.25, -0.2) is 8.78 Å². The molecule has 3 nitrogen and oxygen atoms in total. The maximum atomic E-state index is 13.0. The molecule has 25 heavy (non-hydrogen) atoms. The standard InChI is InChI=1S/C19H33F2N3S/c1-13(16(4)18(25-23)9-10-22)7-5-6-8-15(3)24-12-14(2)17-11-19(17,20)21/h9,13,16-17H,2,5-8,10-12,22-23H2,1,3-4H3/b18-9+,24-15+. The Hall–Kier alpha value is -0.720. The average molecular weight is 374 g/mol. The van der Waals surface area contributed by atoms with Crippen LogP contribution in [0.5, 0.6) is 0 Å². The molecule has 0 amide bonds. The molecule has 4 N–H and O–H groups in total. The Labute approximate surface area is 155 Å². The van der Waals surface area contributed by atoms with E-state index in [4.69, 9.17) is 10.9 Å². The quantitative estimate of drug-likeness (QED) is 0.220. The van der Waals surface area contributed by atoms with E-state index in [0.717, 1.165) is 36.3 Å². The topological polar surface area (TPSA) is 64.4 Å². The van der Waals surface area contributed by atoms with Crippen LogP contribution in [0.2, 0.25) is 0 Å². The van der Waals surface area contributed by atoms with E-state index in [9.17, 15) is 8.78 Å². The third-order valence-corrected chi connectivity index (χ3v) is 5.89.